The van der Waals surface area contributed by atoms with Gasteiger partial charge in [-0.25, -0.2) is 17.5 Å². The van der Waals surface area contributed by atoms with Crippen molar-refractivity contribution < 1.29 is 22.3 Å². The van der Waals surface area contributed by atoms with Crippen LogP contribution in [0.5, 0.6) is 11.5 Å². The zero-order chi connectivity index (χ0) is 19.3. The Hall–Kier alpha value is -2.16. The Morgan fingerprint density at radius 3 is 2.27 bits per heavy atom. The molecule has 2 aromatic rings. The van der Waals surface area contributed by atoms with Crippen molar-refractivity contribution in [3.63, 3.8) is 0 Å². The molecule has 0 aliphatic carbocycles. The molecule has 1 unspecified atom stereocenters. The largest absolute Gasteiger partial charge is 0.497 e. The van der Waals surface area contributed by atoms with Crippen LogP contribution < -0.4 is 14.2 Å². The van der Waals surface area contributed by atoms with Crippen molar-refractivity contribution in [2.24, 2.45) is 0 Å². The minimum atomic E-state index is -3.84. The summed E-state index contributed by atoms with van der Waals surface area (Å²) in [7, 11) is 2.68. The van der Waals surface area contributed by atoms with Gasteiger partial charge in [-0.3, -0.25) is 0 Å². The maximum Gasteiger partial charge on any atom is 0.244 e. The molecular weight excluding hydrogens is 359 g/mol. The number of hydrogen-bond acceptors (Lipinski definition) is 5. The second-order valence-corrected chi connectivity index (χ2v) is 7.64. The molecule has 6 nitrogen and oxygen atoms in total. The number of rotatable bonds is 8. The molecule has 0 amide bonds. The number of halogens is 1. The molecule has 0 fully saturated rings. The summed E-state index contributed by atoms with van der Waals surface area (Å²) in [5, 5.41) is 0. The lowest BCUT2D eigenvalue weighted by Crippen LogP contribution is -2.34. The molecule has 0 radical (unpaired) electrons. The lowest BCUT2D eigenvalue weighted by Gasteiger charge is -2.25. The molecule has 0 aliphatic rings. The molecule has 2 aromatic carbocycles. The summed E-state index contributed by atoms with van der Waals surface area (Å²) in [6.45, 7) is 0.112. The molecule has 0 bridgehead atoms. The number of nitrogens with one attached hydrogen (secondary N) is 1. The second-order valence-electron chi connectivity index (χ2n) is 5.90. The van der Waals surface area contributed by atoms with E-state index in [1.807, 2.05) is 19.0 Å². The Morgan fingerprint density at radius 2 is 1.73 bits per heavy atom. The zero-order valence-electron chi connectivity index (χ0n) is 15.2. The van der Waals surface area contributed by atoms with Crippen LogP contribution >= 0.6 is 0 Å². The van der Waals surface area contributed by atoms with Crippen molar-refractivity contribution in [2.45, 2.75) is 10.9 Å². The summed E-state index contributed by atoms with van der Waals surface area (Å²) in [6, 6.07) is 10.3. The summed E-state index contributed by atoms with van der Waals surface area (Å²) in [6.07, 6.45) is 0. The van der Waals surface area contributed by atoms with Crippen LogP contribution in [0.3, 0.4) is 0 Å². The molecule has 1 N–H and O–H groups in total. The predicted octanol–water partition coefficient (Wildman–Crippen LogP) is 2.42. The standard InChI is InChI=1S/C18H23FN2O4S/c1-21(2)16(13-5-7-14(19)8-6-13)12-20-26(22,23)18-11-15(24-3)9-10-17(18)25-4/h5-11,16,20H,12H2,1-4H3. The highest BCUT2D eigenvalue weighted by Crippen LogP contribution is 2.28. The quantitative estimate of drug-likeness (QED) is 0.760. The van der Waals surface area contributed by atoms with E-state index in [1.54, 1.807) is 18.2 Å². The fourth-order valence-electron chi connectivity index (χ4n) is 2.54. The molecule has 0 aromatic heterocycles. The molecule has 142 valence electrons. The molecule has 0 saturated carbocycles. The van der Waals surface area contributed by atoms with E-state index < -0.39 is 10.0 Å². The van der Waals surface area contributed by atoms with Gasteiger partial charge in [-0.05, 0) is 43.9 Å². The molecule has 0 heterocycles. The van der Waals surface area contributed by atoms with Crippen LogP contribution in [0.2, 0.25) is 0 Å². The average Bonchev–Trinajstić information content (AvgIpc) is 2.62. The van der Waals surface area contributed by atoms with Gasteiger partial charge in [-0.1, -0.05) is 12.1 Å². The van der Waals surface area contributed by atoms with Crippen molar-refractivity contribution in [3.05, 3.63) is 53.8 Å². The summed E-state index contributed by atoms with van der Waals surface area (Å²) in [5.74, 6) is 0.295. The molecule has 0 spiro atoms. The molecule has 26 heavy (non-hydrogen) atoms. The molecule has 1 atom stereocenters. The van der Waals surface area contributed by atoms with E-state index in [2.05, 4.69) is 4.72 Å². The summed E-state index contributed by atoms with van der Waals surface area (Å²) >= 11 is 0. The number of hydrogen-bond donors (Lipinski definition) is 1. The van der Waals surface area contributed by atoms with Crippen molar-refractivity contribution in [2.75, 3.05) is 34.9 Å². The average molecular weight is 382 g/mol. The third kappa shape index (κ3) is 4.72. The fourth-order valence-corrected chi connectivity index (χ4v) is 3.76. The van der Waals surface area contributed by atoms with E-state index in [1.165, 1.54) is 38.5 Å². The van der Waals surface area contributed by atoms with Crippen LogP contribution in [0.1, 0.15) is 11.6 Å². The minimum Gasteiger partial charge on any atom is -0.497 e. The number of nitrogens with zero attached hydrogens (tertiary/aromatic N) is 1. The van der Waals surface area contributed by atoms with Gasteiger partial charge in [0.25, 0.3) is 0 Å². The van der Waals surface area contributed by atoms with Crippen molar-refractivity contribution in [1.82, 2.24) is 9.62 Å². The van der Waals surface area contributed by atoms with Crippen LogP contribution in [0.15, 0.2) is 47.4 Å². The van der Waals surface area contributed by atoms with Gasteiger partial charge in [0.15, 0.2) is 0 Å². The van der Waals surface area contributed by atoms with Gasteiger partial charge in [0, 0.05) is 18.7 Å². The first kappa shape index (κ1) is 20.2. The molecular formula is C18H23FN2O4S. The number of benzene rings is 2. The monoisotopic (exact) mass is 382 g/mol. The van der Waals surface area contributed by atoms with Gasteiger partial charge in [0.1, 0.15) is 22.2 Å². The lowest BCUT2D eigenvalue weighted by atomic mass is 10.1. The summed E-state index contributed by atoms with van der Waals surface area (Å²) in [5.41, 5.74) is 0.803. The van der Waals surface area contributed by atoms with Crippen molar-refractivity contribution >= 4 is 10.0 Å². The highest BCUT2D eigenvalue weighted by Gasteiger charge is 2.23. The van der Waals surface area contributed by atoms with E-state index in [4.69, 9.17) is 9.47 Å². The Kier molecular flexibility index (Phi) is 6.57. The Bertz CT molecular complexity index is 839. The molecule has 8 heteroatoms. The second kappa shape index (κ2) is 8.48. The van der Waals surface area contributed by atoms with Gasteiger partial charge in [-0.15, -0.1) is 0 Å². The minimum absolute atomic E-state index is 0.00374. The van der Waals surface area contributed by atoms with Crippen LogP contribution in [-0.4, -0.2) is 48.2 Å². The van der Waals surface area contributed by atoms with E-state index in [0.29, 0.717) is 5.75 Å². The zero-order valence-corrected chi connectivity index (χ0v) is 16.0. The molecule has 2 rings (SSSR count). The molecule has 0 aliphatic heterocycles. The Morgan fingerprint density at radius 1 is 1.08 bits per heavy atom. The van der Waals surface area contributed by atoms with Gasteiger partial charge in [-0.2, -0.15) is 0 Å². The smallest absolute Gasteiger partial charge is 0.244 e. The predicted molar refractivity (Wildman–Crippen MR) is 97.6 cm³/mol. The summed E-state index contributed by atoms with van der Waals surface area (Å²) in [4.78, 5) is 1.86. The van der Waals surface area contributed by atoms with Gasteiger partial charge in [0.05, 0.1) is 14.2 Å². The number of likely N-dealkylation sites (N-methyl/N-ethyl adjacent to an activating group) is 1. The maximum absolute atomic E-state index is 13.2. The van der Waals surface area contributed by atoms with E-state index >= 15 is 0 Å². The highest BCUT2D eigenvalue weighted by molar-refractivity contribution is 7.89. The SMILES string of the molecule is COc1ccc(OC)c(S(=O)(=O)NCC(c2ccc(F)cc2)N(C)C)c1. The van der Waals surface area contributed by atoms with E-state index in [9.17, 15) is 12.8 Å². The normalized spacial score (nSPS) is 12.8. The van der Waals surface area contributed by atoms with Crippen molar-refractivity contribution in [1.29, 1.82) is 0 Å². The third-order valence-corrected chi connectivity index (χ3v) is 5.45. The first-order chi connectivity index (χ1) is 12.3. The first-order valence-electron chi connectivity index (χ1n) is 7.92. The maximum atomic E-state index is 13.2. The Balaban J connectivity index is 2.26. The molecule has 0 saturated heterocycles. The van der Waals surface area contributed by atoms with E-state index in [0.717, 1.165) is 5.56 Å². The van der Waals surface area contributed by atoms with Crippen LogP contribution in [-0.2, 0) is 10.0 Å². The van der Waals surface area contributed by atoms with Crippen molar-refractivity contribution in [3.8, 4) is 11.5 Å². The van der Waals surface area contributed by atoms with Gasteiger partial charge < -0.3 is 14.4 Å². The summed E-state index contributed by atoms with van der Waals surface area (Å²) < 4.78 is 51.5. The van der Waals surface area contributed by atoms with Crippen LogP contribution in [0.4, 0.5) is 4.39 Å². The lowest BCUT2D eigenvalue weighted by molar-refractivity contribution is 0.299. The van der Waals surface area contributed by atoms with Crippen LogP contribution in [0.25, 0.3) is 0 Å². The Labute approximate surface area is 153 Å². The first-order valence-corrected chi connectivity index (χ1v) is 9.40. The number of sulfonamides is 1. The van der Waals surface area contributed by atoms with Gasteiger partial charge >= 0.3 is 0 Å². The topological polar surface area (TPSA) is 67.9 Å². The third-order valence-electron chi connectivity index (χ3n) is 4.01. The van der Waals surface area contributed by atoms with Gasteiger partial charge in [0.2, 0.25) is 10.0 Å². The van der Waals surface area contributed by atoms with E-state index in [-0.39, 0.29) is 29.0 Å². The number of ether oxygens (including phenoxy) is 2. The fraction of sp³-hybridized carbons (Fsp3) is 0.333. The van der Waals surface area contributed by atoms with Crippen LogP contribution in [0, 0.1) is 5.82 Å². The highest BCUT2D eigenvalue weighted by atomic mass is 32.2. The number of methoxy groups -OCH3 is 2.